The molecule has 0 spiro atoms. The van der Waals surface area contributed by atoms with Gasteiger partial charge in [-0.3, -0.25) is 14.4 Å². The zero-order valence-corrected chi connectivity index (χ0v) is 61.8. The third kappa shape index (κ3) is 11.6. The maximum Gasteiger partial charge on any atom is 0.197 e. The van der Waals surface area contributed by atoms with Gasteiger partial charge in [0.25, 0.3) is 0 Å². The SMILES string of the molecule is CCCOc1ccc(-c2ccc3ccc4c(C(=O)c5ccccc5O)ccc5ccc2c3c54)cc1.COc1ccccc1-c1ccc2ccc3c(-c4ccc(O)c(C(=O)c5ccccc5)c4)ccc4ccc1c2c43.O=C(c1ccccc1O)c1ccc2ccc3cc(-c4cccc5c4sc4ccccc45)cc4ccc1c2c34. The summed E-state index contributed by atoms with van der Waals surface area (Å²) < 4.78 is 14.1. The molecular weight excluding hydrogens is 1400 g/mol. The van der Waals surface area contributed by atoms with E-state index in [4.69, 9.17) is 9.47 Å². The first-order valence-electron chi connectivity index (χ1n) is 37.4. The zero-order valence-electron chi connectivity index (χ0n) is 61.0. The van der Waals surface area contributed by atoms with Crippen molar-refractivity contribution in [3.8, 4) is 73.3 Å². The van der Waals surface area contributed by atoms with Crippen LogP contribution in [0.1, 0.15) is 61.1 Å². The fraction of sp³-hybridized carbons (Fsp3) is 0.0388. The largest absolute Gasteiger partial charge is 0.507 e. The fourth-order valence-electron chi connectivity index (χ4n) is 16.8. The van der Waals surface area contributed by atoms with E-state index in [-0.39, 0.29) is 34.6 Å². The number of fused-ring (bicyclic) bond motifs is 3. The van der Waals surface area contributed by atoms with Crippen molar-refractivity contribution in [2.45, 2.75) is 13.3 Å². The topological polar surface area (TPSA) is 130 Å². The van der Waals surface area contributed by atoms with E-state index in [0.29, 0.717) is 40.0 Å². The monoisotopic (exact) mass is 1460 g/mol. The Morgan fingerprint density at radius 3 is 1.36 bits per heavy atom. The number of para-hydroxylation sites is 3. The Morgan fingerprint density at radius 2 is 0.750 bits per heavy atom. The van der Waals surface area contributed by atoms with Crippen LogP contribution in [0.3, 0.4) is 0 Å². The van der Waals surface area contributed by atoms with E-state index in [1.165, 1.54) is 52.8 Å². The molecule has 1 aromatic heterocycles. The highest BCUT2D eigenvalue weighted by Gasteiger charge is 2.25. The van der Waals surface area contributed by atoms with Gasteiger partial charge in [-0.15, -0.1) is 11.3 Å². The highest BCUT2D eigenvalue weighted by molar-refractivity contribution is 7.26. The number of aromatic hydroxyl groups is 3. The van der Waals surface area contributed by atoms with E-state index in [2.05, 4.69) is 183 Å². The molecule has 0 atom stereocenters. The maximum atomic E-state index is 13.5. The minimum absolute atomic E-state index is 0.00292. The van der Waals surface area contributed by atoms with Crippen LogP contribution in [0.4, 0.5) is 0 Å². The first-order valence-corrected chi connectivity index (χ1v) is 38.3. The van der Waals surface area contributed by atoms with Crippen LogP contribution in [0.2, 0.25) is 0 Å². The molecule has 0 saturated carbocycles. The van der Waals surface area contributed by atoms with E-state index in [1.54, 1.807) is 79.9 Å². The molecule has 0 unspecified atom stereocenters. The lowest BCUT2D eigenvalue weighted by Gasteiger charge is -2.17. The molecule has 3 N–H and O–H groups in total. The fourth-order valence-corrected chi connectivity index (χ4v) is 18.0. The Labute approximate surface area is 648 Å². The number of rotatable bonds is 14. The van der Waals surface area contributed by atoms with Gasteiger partial charge in [0, 0.05) is 42.4 Å². The molecule has 1 heterocycles. The molecule has 0 aliphatic rings. The molecule has 534 valence electrons. The van der Waals surface area contributed by atoms with Gasteiger partial charge in [0.1, 0.15) is 28.7 Å². The average molecular weight is 1470 g/mol. The van der Waals surface area contributed by atoms with E-state index < -0.39 is 0 Å². The van der Waals surface area contributed by atoms with Crippen molar-refractivity contribution in [1.29, 1.82) is 0 Å². The normalized spacial score (nSPS) is 11.6. The third-order valence-corrected chi connectivity index (χ3v) is 23.3. The lowest BCUT2D eigenvalue weighted by molar-refractivity contribution is 0.102. The van der Waals surface area contributed by atoms with Gasteiger partial charge in [-0.05, 0) is 227 Å². The number of carbonyl (C=O) groups excluding carboxylic acids is 3. The lowest BCUT2D eigenvalue weighted by Crippen LogP contribution is -2.03. The quantitative estimate of drug-likeness (QED) is 0.0725. The molecule has 8 nitrogen and oxygen atoms in total. The van der Waals surface area contributed by atoms with Gasteiger partial charge in [-0.2, -0.15) is 0 Å². The Morgan fingerprint density at radius 1 is 0.304 bits per heavy atom. The van der Waals surface area contributed by atoms with Crippen LogP contribution >= 0.6 is 11.3 Å². The molecule has 9 heteroatoms. The van der Waals surface area contributed by atoms with Gasteiger partial charge in [0.15, 0.2) is 17.3 Å². The van der Waals surface area contributed by atoms with E-state index in [9.17, 15) is 29.7 Å². The highest BCUT2D eigenvalue weighted by Crippen LogP contribution is 2.48. The predicted molar refractivity (Wildman–Crippen MR) is 462 cm³/mol. The Bertz CT molecular complexity index is 7300. The van der Waals surface area contributed by atoms with Crippen LogP contribution in [0.5, 0.6) is 28.7 Å². The predicted octanol–water partition coefficient (Wildman–Crippen LogP) is 26.4. The summed E-state index contributed by atoms with van der Waals surface area (Å²) in [6.45, 7) is 2.81. The Hall–Kier alpha value is -14.3. The summed E-state index contributed by atoms with van der Waals surface area (Å²) in [6.07, 6.45) is 0.977. The van der Waals surface area contributed by atoms with Gasteiger partial charge in [0.05, 0.1) is 30.4 Å². The second kappa shape index (κ2) is 28.1. The number of hydrogen-bond donors (Lipinski definition) is 3. The van der Waals surface area contributed by atoms with Gasteiger partial charge in [0.2, 0.25) is 0 Å². The number of thiophene rings is 1. The molecule has 0 fully saturated rings. The van der Waals surface area contributed by atoms with Crippen LogP contribution in [0.15, 0.2) is 334 Å². The second-order valence-electron chi connectivity index (χ2n) is 28.5. The number of hydrogen-bond acceptors (Lipinski definition) is 9. The van der Waals surface area contributed by atoms with Crippen LogP contribution in [-0.4, -0.2) is 46.4 Å². The molecule has 20 aromatic carbocycles. The number of carbonyl (C=O) groups is 3. The van der Waals surface area contributed by atoms with Crippen molar-refractivity contribution < 1.29 is 39.2 Å². The number of phenolic OH excluding ortho intramolecular Hbond substituents is 3. The summed E-state index contributed by atoms with van der Waals surface area (Å²) in [6, 6.07) is 110. The van der Waals surface area contributed by atoms with Gasteiger partial charge in [-0.25, -0.2) is 0 Å². The van der Waals surface area contributed by atoms with Crippen LogP contribution in [0.25, 0.3) is 162 Å². The molecule has 0 aliphatic carbocycles. The number of phenols is 3. The van der Waals surface area contributed by atoms with Gasteiger partial charge in [-0.1, -0.05) is 256 Å². The first-order chi connectivity index (χ1) is 55.0. The van der Waals surface area contributed by atoms with Crippen LogP contribution in [-0.2, 0) is 0 Å². The minimum atomic E-state index is -0.200. The third-order valence-electron chi connectivity index (χ3n) is 22.1. The van der Waals surface area contributed by atoms with Crippen molar-refractivity contribution in [1.82, 2.24) is 0 Å². The molecule has 0 amide bonds. The molecule has 0 radical (unpaired) electrons. The van der Waals surface area contributed by atoms with Crippen LogP contribution in [0, 0.1) is 0 Å². The Kier molecular flexibility index (Phi) is 17.1. The van der Waals surface area contributed by atoms with Crippen molar-refractivity contribution in [2.75, 3.05) is 13.7 Å². The molecular formula is C103H68O8S. The summed E-state index contributed by atoms with van der Waals surface area (Å²) in [5.41, 5.74) is 11.5. The van der Waals surface area contributed by atoms with Crippen molar-refractivity contribution in [3.63, 3.8) is 0 Å². The van der Waals surface area contributed by atoms with Crippen LogP contribution < -0.4 is 9.47 Å². The zero-order chi connectivity index (χ0) is 75.8. The molecule has 0 saturated heterocycles. The standard InChI is InChI=1S/C36H24O3.C35H20O2S.C32H24O3/c1-39-33-10-6-5-9-28(33)27-17-12-23-13-18-29-26(16-11-22-14-19-30(27)35(23)34(22)29)25-15-20-32(37)31(21-25)36(38)24-7-3-2-4-8-24;36-30-10-3-1-7-29(30)34(37)27-17-14-20-12-13-21-18-23(19-22-15-16-26(27)33(20)32(21)22)24-8-5-9-28-25-6-2-4-11-31(25)38-35(24)28;1-2-19-35-23-13-7-20(8-14-23)24-15-9-21-11-17-26-27(32(34)28-5-3-4-6-29(28)33)18-12-22-10-16-25(24)30(21)31(22)26/h2-21,37H,1H3;1-19,36H;3-18,33H,2,19H2,1H3. The number of ketones is 3. The minimum Gasteiger partial charge on any atom is -0.507 e. The molecule has 21 rings (SSSR count). The maximum absolute atomic E-state index is 13.5. The summed E-state index contributed by atoms with van der Waals surface area (Å²) in [7, 11) is 1.70. The molecule has 0 aliphatic heterocycles. The van der Waals surface area contributed by atoms with Crippen molar-refractivity contribution in [2.24, 2.45) is 0 Å². The number of benzene rings is 20. The molecule has 112 heavy (non-hydrogen) atoms. The summed E-state index contributed by atoms with van der Waals surface area (Å²) in [5.74, 6) is 1.15. The van der Waals surface area contributed by atoms with E-state index in [1.807, 2.05) is 96.3 Å². The smallest absolute Gasteiger partial charge is 0.197 e. The summed E-state index contributed by atoms with van der Waals surface area (Å²) >= 11 is 1.84. The van der Waals surface area contributed by atoms with Gasteiger partial charge < -0.3 is 24.8 Å². The average Bonchev–Trinajstić information content (AvgIpc) is 0.755. The Balaban J connectivity index is 0.000000113. The van der Waals surface area contributed by atoms with E-state index in [0.717, 1.165) is 127 Å². The van der Waals surface area contributed by atoms with E-state index >= 15 is 0 Å². The lowest BCUT2D eigenvalue weighted by atomic mass is 9.86. The molecule has 21 aromatic rings. The van der Waals surface area contributed by atoms with Gasteiger partial charge >= 0.3 is 0 Å². The molecule has 0 bridgehead atoms. The summed E-state index contributed by atoms with van der Waals surface area (Å²) in [5, 5.41) is 53.9. The van der Waals surface area contributed by atoms with Crippen molar-refractivity contribution >= 4 is 146 Å². The summed E-state index contributed by atoms with van der Waals surface area (Å²) in [4.78, 5) is 40.2. The number of ether oxygens (including phenoxy) is 2. The second-order valence-corrected chi connectivity index (χ2v) is 29.5. The highest BCUT2D eigenvalue weighted by atomic mass is 32.1. The first kappa shape index (κ1) is 68.3. The number of methoxy groups -OCH3 is 1. The van der Waals surface area contributed by atoms with Crippen molar-refractivity contribution in [3.05, 3.63) is 367 Å².